The number of hydrogen-bond acceptors (Lipinski definition) is 0. The maximum absolute atomic E-state index is 2.32. The normalized spacial score (nSPS) is 23.7. The molecule has 0 heterocycles. The van der Waals surface area contributed by atoms with Gasteiger partial charge in [-0.25, -0.2) is 0 Å². The van der Waals surface area contributed by atoms with Gasteiger partial charge >= 0.3 is 0 Å². The van der Waals surface area contributed by atoms with E-state index in [0.29, 0.717) is 0 Å². The summed E-state index contributed by atoms with van der Waals surface area (Å²) in [5, 5.41) is 0. The molecule has 10 heavy (non-hydrogen) atoms. The van der Waals surface area contributed by atoms with Crippen molar-refractivity contribution in [2.45, 2.75) is 46.5 Å². The second kappa shape index (κ2) is 3.23. The molecule has 1 aliphatic rings. The Morgan fingerprint density at radius 3 is 2.30 bits per heavy atom. The van der Waals surface area contributed by atoms with Crippen LogP contribution in [-0.4, -0.2) is 0 Å². The SMILES string of the molecule is CCCCCC1=C(C)C1C. The van der Waals surface area contributed by atoms with Gasteiger partial charge in [-0.3, -0.25) is 0 Å². The zero-order valence-electron chi connectivity index (χ0n) is 7.41. The molecular formula is C10H18. The summed E-state index contributed by atoms with van der Waals surface area (Å²) in [4.78, 5) is 0. The van der Waals surface area contributed by atoms with Gasteiger partial charge in [-0.1, -0.05) is 37.8 Å². The zero-order valence-corrected chi connectivity index (χ0v) is 7.41. The molecule has 0 N–H and O–H groups in total. The highest BCUT2D eigenvalue weighted by Crippen LogP contribution is 2.41. The van der Waals surface area contributed by atoms with Gasteiger partial charge in [-0.05, 0) is 25.7 Å². The molecule has 0 nitrogen and oxygen atoms in total. The first-order valence-corrected chi connectivity index (χ1v) is 4.47. The van der Waals surface area contributed by atoms with Crippen molar-refractivity contribution in [2.75, 3.05) is 0 Å². The average Bonchev–Trinajstić information content (AvgIpc) is 2.46. The topological polar surface area (TPSA) is 0 Å². The second-order valence-electron chi connectivity index (χ2n) is 3.39. The van der Waals surface area contributed by atoms with Crippen LogP contribution in [0.2, 0.25) is 0 Å². The highest BCUT2D eigenvalue weighted by atomic mass is 14.3. The number of hydrogen-bond donors (Lipinski definition) is 0. The Balaban J connectivity index is 2.05. The quantitative estimate of drug-likeness (QED) is 0.412. The van der Waals surface area contributed by atoms with E-state index in [2.05, 4.69) is 20.8 Å². The largest absolute Gasteiger partial charge is 0.0666 e. The number of unbranched alkanes of at least 4 members (excludes halogenated alkanes) is 2. The van der Waals surface area contributed by atoms with Gasteiger partial charge in [0.1, 0.15) is 0 Å². The third-order valence-electron chi connectivity index (χ3n) is 2.65. The molecule has 1 aliphatic carbocycles. The molecule has 0 saturated carbocycles. The lowest BCUT2D eigenvalue weighted by atomic mass is 10.1. The van der Waals surface area contributed by atoms with E-state index in [1.807, 2.05) is 0 Å². The first-order chi connectivity index (χ1) is 4.77. The van der Waals surface area contributed by atoms with Crippen LogP contribution >= 0.6 is 0 Å². The summed E-state index contributed by atoms with van der Waals surface area (Å²) in [6, 6.07) is 0. The van der Waals surface area contributed by atoms with Crippen LogP contribution in [0, 0.1) is 5.92 Å². The first-order valence-electron chi connectivity index (χ1n) is 4.47. The summed E-state index contributed by atoms with van der Waals surface area (Å²) in [6.45, 7) is 6.85. The molecule has 0 fully saturated rings. The predicted molar refractivity (Wildman–Crippen MR) is 46.0 cm³/mol. The smallest absolute Gasteiger partial charge is 0.00185 e. The Labute approximate surface area is 64.3 Å². The average molecular weight is 138 g/mol. The van der Waals surface area contributed by atoms with Gasteiger partial charge in [0.25, 0.3) is 0 Å². The Morgan fingerprint density at radius 1 is 1.30 bits per heavy atom. The third-order valence-corrected chi connectivity index (χ3v) is 2.65. The van der Waals surface area contributed by atoms with Crippen LogP contribution < -0.4 is 0 Å². The lowest BCUT2D eigenvalue weighted by Crippen LogP contribution is -1.75. The fourth-order valence-electron chi connectivity index (χ4n) is 1.53. The highest BCUT2D eigenvalue weighted by molar-refractivity contribution is 5.37. The monoisotopic (exact) mass is 138 g/mol. The Hall–Kier alpha value is -0.260. The molecule has 0 heteroatoms. The van der Waals surface area contributed by atoms with Crippen LogP contribution in [0.15, 0.2) is 11.1 Å². The molecule has 1 atom stereocenters. The lowest BCUT2D eigenvalue weighted by Gasteiger charge is -1.92. The Kier molecular flexibility index (Phi) is 2.53. The van der Waals surface area contributed by atoms with E-state index in [1.54, 1.807) is 11.1 Å². The lowest BCUT2D eigenvalue weighted by molar-refractivity contribution is 0.709. The van der Waals surface area contributed by atoms with E-state index >= 15 is 0 Å². The molecule has 0 bridgehead atoms. The van der Waals surface area contributed by atoms with Crippen LogP contribution in [0.3, 0.4) is 0 Å². The second-order valence-corrected chi connectivity index (χ2v) is 3.39. The van der Waals surface area contributed by atoms with Gasteiger partial charge in [-0.2, -0.15) is 0 Å². The van der Waals surface area contributed by atoms with Gasteiger partial charge in [0, 0.05) is 0 Å². The minimum Gasteiger partial charge on any atom is -0.0666 e. The predicted octanol–water partition coefficient (Wildman–Crippen LogP) is 3.53. The fourth-order valence-corrected chi connectivity index (χ4v) is 1.53. The van der Waals surface area contributed by atoms with Crippen LogP contribution in [0.1, 0.15) is 46.5 Å². The minimum atomic E-state index is 0.872. The maximum Gasteiger partial charge on any atom is -0.00185 e. The van der Waals surface area contributed by atoms with Gasteiger partial charge < -0.3 is 0 Å². The fraction of sp³-hybridized carbons (Fsp3) is 0.800. The summed E-state index contributed by atoms with van der Waals surface area (Å²) in [5.74, 6) is 0.872. The third kappa shape index (κ3) is 1.62. The molecule has 0 radical (unpaired) electrons. The molecule has 0 aromatic rings. The van der Waals surface area contributed by atoms with E-state index in [1.165, 1.54) is 25.7 Å². The van der Waals surface area contributed by atoms with Crippen molar-refractivity contribution in [2.24, 2.45) is 5.92 Å². The maximum atomic E-state index is 2.32. The summed E-state index contributed by atoms with van der Waals surface area (Å²) < 4.78 is 0. The van der Waals surface area contributed by atoms with E-state index in [9.17, 15) is 0 Å². The van der Waals surface area contributed by atoms with Gasteiger partial charge in [0.05, 0.1) is 0 Å². The molecule has 0 aromatic heterocycles. The van der Waals surface area contributed by atoms with Crippen molar-refractivity contribution < 1.29 is 0 Å². The van der Waals surface area contributed by atoms with E-state index in [-0.39, 0.29) is 0 Å². The van der Waals surface area contributed by atoms with Crippen molar-refractivity contribution in [3.8, 4) is 0 Å². The summed E-state index contributed by atoms with van der Waals surface area (Å²) >= 11 is 0. The summed E-state index contributed by atoms with van der Waals surface area (Å²) in [6.07, 6.45) is 5.54. The Morgan fingerprint density at radius 2 is 1.90 bits per heavy atom. The van der Waals surface area contributed by atoms with Crippen LogP contribution in [0.5, 0.6) is 0 Å². The number of rotatable bonds is 4. The van der Waals surface area contributed by atoms with Gasteiger partial charge in [0.15, 0.2) is 0 Å². The molecule has 0 aliphatic heterocycles. The molecule has 1 rings (SSSR count). The first kappa shape index (κ1) is 7.84. The Bertz CT molecular complexity index is 142. The van der Waals surface area contributed by atoms with Crippen molar-refractivity contribution in [1.82, 2.24) is 0 Å². The minimum absolute atomic E-state index is 0.872. The van der Waals surface area contributed by atoms with Crippen molar-refractivity contribution in [3.05, 3.63) is 11.1 Å². The summed E-state index contributed by atoms with van der Waals surface area (Å²) in [7, 11) is 0. The molecule has 0 saturated heterocycles. The standard InChI is InChI=1S/C10H18/c1-4-5-6-7-10-8(2)9(10)3/h8H,4-7H2,1-3H3. The van der Waals surface area contributed by atoms with Crippen LogP contribution in [0.25, 0.3) is 0 Å². The molecule has 1 unspecified atom stereocenters. The van der Waals surface area contributed by atoms with Gasteiger partial charge in [-0.15, -0.1) is 0 Å². The van der Waals surface area contributed by atoms with Crippen molar-refractivity contribution >= 4 is 0 Å². The molecule has 0 amide bonds. The summed E-state index contributed by atoms with van der Waals surface area (Å²) in [5.41, 5.74) is 3.41. The molecule has 0 aromatic carbocycles. The van der Waals surface area contributed by atoms with Crippen molar-refractivity contribution in [1.29, 1.82) is 0 Å². The number of allylic oxidation sites excluding steroid dienone is 2. The van der Waals surface area contributed by atoms with E-state index in [0.717, 1.165) is 5.92 Å². The highest BCUT2D eigenvalue weighted by Gasteiger charge is 2.26. The van der Waals surface area contributed by atoms with Crippen LogP contribution in [-0.2, 0) is 0 Å². The van der Waals surface area contributed by atoms with Gasteiger partial charge in [0.2, 0.25) is 0 Å². The van der Waals surface area contributed by atoms with E-state index < -0.39 is 0 Å². The zero-order chi connectivity index (χ0) is 7.56. The van der Waals surface area contributed by atoms with Crippen molar-refractivity contribution in [3.63, 3.8) is 0 Å². The van der Waals surface area contributed by atoms with E-state index in [4.69, 9.17) is 0 Å². The van der Waals surface area contributed by atoms with Crippen LogP contribution in [0.4, 0.5) is 0 Å². The molecule has 0 spiro atoms. The molecular weight excluding hydrogens is 120 g/mol. The molecule has 58 valence electrons.